The number of amides is 1. The molecule has 4 aromatic rings. The number of carbonyl (C=O) groups is 1. The summed E-state index contributed by atoms with van der Waals surface area (Å²) < 4.78 is 0. The lowest BCUT2D eigenvalue weighted by Crippen LogP contribution is -2.31. The molecule has 0 aliphatic carbocycles. The first-order chi connectivity index (χ1) is 15.7. The Kier molecular flexibility index (Phi) is 5.56. The highest BCUT2D eigenvalue weighted by Crippen LogP contribution is 2.33. The fourth-order valence-corrected chi connectivity index (χ4v) is 4.15. The molecule has 3 aromatic heterocycles. The first-order valence-corrected chi connectivity index (χ1v) is 10.7. The molecule has 1 aliphatic rings. The number of rotatable bonds is 4. The van der Waals surface area contributed by atoms with Gasteiger partial charge < -0.3 is 4.90 Å². The molecule has 7 nitrogen and oxygen atoms in total. The third kappa shape index (κ3) is 4.07. The molecular formula is C24H19ClN6O. The first-order valence-electron chi connectivity index (χ1n) is 10.3. The van der Waals surface area contributed by atoms with Gasteiger partial charge in [0.05, 0.1) is 17.4 Å². The number of hydrogen-bond acceptors (Lipinski definition) is 6. The van der Waals surface area contributed by atoms with Gasteiger partial charge in [0.15, 0.2) is 5.82 Å². The van der Waals surface area contributed by atoms with Crippen LogP contribution in [-0.4, -0.2) is 42.3 Å². The van der Waals surface area contributed by atoms with Crippen molar-refractivity contribution in [3.05, 3.63) is 89.9 Å². The molecule has 1 atom stereocenters. The zero-order chi connectivity index (χ0) is 21.9. The highest BCUT2D eigenvalue weighted by atomic mass is 35.5. The molecule has 32 heavy (non-hydrogen) atoms. The number of benzene rings is 1. The number of pyridine rings is 1. The molecule has 158 valence electrons. The quantitative estimate of drug-likeness (QED) is 0.458. The summed E-state index contributed by atoms with van der Waals surface area (Å²) in [6, 6.07) is 12.7. The molecule has 0 N–H and O–H groups in total. The van der Waals surface area contributed by atoms with Crippen molar-refractivity contribution in [2.45, 2.75) is 18.9 Å². The second-order valence-corrected chi connectivity index (χ2v) is 7.97. The van der Waals surface area contributed by atoms with E-state index < -0.39 is 0 Å². The fraction of sp³-hybridized carbons (Fsp3) is 0.167. The minimum Gasteiger partial charge on any atom is -0.330 e. The van der Waals surface area contributed by atoms with Gasteiger partial charge >= 0.3 is 0 Å². The van der Waals surface area contributed by atoms with E-state index in [0.717, 1.165) is 29.7 Å². The van der Waals surface area contributed by atoms with Crippen molar-refractivity contribution in [2.24, 2.45) is 0 Å². The Morgan fingerprint density at radius 3 is 2.69 bits per heavy atom. The highest BCUT2D eigenvalue weighted by Gasteiger charge is 2.32. The van der Waals surface area contributed by atoms with Crippen LogP contribution in [0.15, 0.2) is 73.6 Å². The van der Waals surface area contributed by atoms with Gasteiger partial charge in [-0.25, -0.2) is 19.9 Å². The van der Waals surface area contributed by atoms with Crippen LogP contribution in [0.1, 0.15) is 34.9 Å². The van der Waals surface area contributed by atoms with Crippen molar-refractivity contribution in [1.29, 1.82) is 0 Å². The Balaban J connectivity index is 1.43. The Bertz CT molecular complexity index is 1270. The molecule has 5 rings (SSSR count). The van der Waals surface area contributed by atoms with Crippen LogP contribution in [0.25, 0.3) is 22.6 Å². The van der Waals surface area contributed by atoms with Crippen LogP contribution in [0.2, 0.25) is 5.02 Å². The van der Waals surface area contributed by atoms with Crippen LogP contribution in [0.3, 0.4) is 0 Å². The van der Waals surface area contributed by atoms with E-state index in [0.29, 0.717) is 28.6 Å². The minimum atomic E-state index is -0.111. The zero-order valence-corrected chi connectivity index (χ0v) is 17.9. The van der Waals surface area contributed by atoms with E-state index in [1.807, 2.05) is 35.2 Å². The van der Waals surface area contributed by atoms with Gasteiger partial charge in [-0.05, 0) is 43.2 Å². The third-order valence-electron chi connectivity index (χ3n) is 5.48. The van der Waals surface area contributed by atoms with Gasteiger partial charge in [0.1, 0.15) is 6.33 Å². The maximum Gasteiger partial charge on any atom is 0.254 e. The molecule has 1 aromatic carbocycles. The predicted octanol–water partition coefficient (Wildman–Crippen LogP) is 4.63. The Morgan fingerprint density at radius 1 is 1.00 bits per heavy atom. The van der Waals surface area contributed by atoms with E-state index in [4.69, 9.17) is 16.6 Å². The summed E-state index contributed by atoms with van der Waals surface area (Å²) in [6.07, 6.45) is 9.97. The summed E-state index contributed by atoms with van der Waals surface area (Å²) in [5.41, 5.74) is 3.68. The summed E-state index contributed by atoms with van der Waals surface area (Å²) in [5.74, 6) is 0.551. The van der Waals surface area contributed by atoms with E-state index in [9.17, 15) is 4.79 Å². The predicted molar refractivity (Wildman–Crippen MR) is 121 cm³/mol. The molecular weight excluding hydrogens is 424 g/mol. The summed E-state index contributed by atoms with van der Waals surface area (Å²) in [7, 11) is 0. The summed E-state index contributed by atoms with van der Waals surface area (Å²) in [6.45, 7) is 0.673. The molecule has 4 heterocycles. The first kappa shape index (κ1) is 20.2. The smallest absolute Gasteiger partial charge is 0.254 e. The topological polar surface area (TPSA) is 84.8 Å². The van der Waals surface area contributed by atoms with Crippen molar-refractivity contribution in [3.63, 3.8) is 0 Å². The summed E-state index contributed by atoms with van der Waals surface area (Å²) >= 11 is 6.13. The second kappa shape index (κ2) is 8.80. The van der Waals surface area contributed by atoms with Gasteiger partial charge in [-0.3, -0.25) is 9.78 Å². The van der Waals surface area contributed by atoms with Crippen LogP contribution in [0.4, 0.5) is 0 Å². The maximum atomic E-state index is 13.4. The summed E-state index contributed by atoms with van der Waals surface area (Å²) in [5, 5.41) is 0.631. The zero-order valence-electron chi connectivity index (χ0n) is 17.1. The van der Waals surface area contributed by atoms with Crippen LogP contribution >= 0.6 is 11.6 Å². The molecule has 0 spiro atoms. The molecule has 1 amide bonds. The van der Waals surface area contributed by atoms with Crippen LogP contribution in [0.5, 0.6) is 0 Å². The van der Waals surface area contributed by atoms with Crippen LogP contribution in [0, 0.1) is 0 Å². The lowest BCUT2D eigenvalue weighted by Gasteiger charge is -2.24. The normalized spacial score (nSPS) is 15.7. The Morgan fingerprint density at radius 2 is 1.84 bits per heavy atom. The maximum absolute atomic E-state index is 13.4. The van der Waals surface area contributed by atoms with E-state index in [2.05, 4.69) is 19.9 Å². The van der Waals surface area contributed by atoms with E-state index in [-0.39, 0.29) is 11.9 Å². The van der Waals surface area contributed by atoms with E-state index in [1.165, 1.54) is 6.33 Å². The van der Waals surface area contributed by atoms with Crippen molar-refractivity contribution < 1.29 is 4.79 Å². The average molecular weight is 443 g/mol. The van der Waals surface area contributed by atoms with E-state index in [1.54, 1.807) is 36.9 Å². The number of likely N-dealkylation sites (tertiary alicyclic amines) is 1. The molecule has 1 aliphatic heterocycles. The lowest BCUT2D eigenvalue weighted by atomic mass is 10.1. The van der Waals surface area contributed by atoms with Gasteiger partial charge in [0, 0.05) is 53.0 Å². The lowest BCUT2D eigenvalue weighted by molar-refractivity contribution is 0.0733. The standard InChI is InChI=1S/C24H19ClN6O/c25-19-4-1-3-16(11-19)23-29-9-7-20(30-23)22-5-2-10-31(22)24(32)17-6-8-28-21(12-17)18-13-26-15-27-14-18/h1,3-4,6-9,11-15,22H,2,5,10H2/t22-/m1/s1. The van der Waals surface area contributed by atoms with E-state index >= 15 is 0 Å². The minimum absolute atomic E-state index is 0.0454. The van der Waals surface area contributed by atoms with Crippen molar-refractivity contribution in [1.82, 2.24) is 29.8 Å². The number of nitrogens with zero attached hydrogens (tertiary/aromatic N) is 6. The summed E-state index contributed by atoms with van der Waals surface area (Å²) in [4.78, 5) is 36.9. The van der Waals surface area contributed by atoms with Gasteiger partial charge in [-0.2, -0.15) is 0 Å². The van der Waals surface area contributed by atoms with Crippen molar-refractivity contribution >= 4 is 17.5 Å². The average Bonchev–Trinajstić information content (AvgIpc) is 3.34. The SMILES string of the molecule is O=C(c1ccnc(-c2cncnc2)c1)N1CCC[C@@H]1c1ccnc(-c2cccc(Cl)c2)n1. The largest absolute Gasteiger partial charge is 0.330 e. The second-order valence-electron chi connectivity index (χ2n) is 7.53. The monoisotopic (exact) mass is 442 g/mol. The van der Waals surface area contributed by atoms with Gasteiger partial charge in [-0.15, -0.1) is 0 Å². The van der Waals surface area contributed by atoms with Crippen LogP contribution < -0.4 is 0 Å². The van der Waals surface area contributed by atoms with Crippen molar-refractivity contribution in [2.75, 3.05) is 6.54 Å². The number of hydrogen-bond donors (Lipinski definition) is 0. The molecule has 0 saturated carbocycles. The number of aromatic nitrogens is 5. The number of carbonyl (C=O) groups excluding carboxylic acids is 1. The van der Waals surface area contributed by atoms with Gasteiger partial charge in [-0.1, -0.05) is 23.7 Å². The molecule has 0 radical (unpaired) electrons. The van der Waals surface area contributed by atoms with Crippen LogP contribution in [-0.2, 0) is 0 Å². The number of halogens is 1. The Hall–Kier alpha value is -3.71. The third-order valence-corrected chi connectivity index (χ3v) is 5.71. The molecule has 0 bridgehead atoms. The van der Waals surface area contributed by atoms with Gasteiger partial charge in [0.2, 0.25) is 0 Å². The fourth-order valence-electron chi connectivity index (χ4n) is 3.96. The van der Waals surface area contributed by atoms with Crippen molar-refractivity contribution in [3.8, 4) is 22.6 Å². The molecule has 8 heteroatoms. The van der Waals surface area contributed by atoms with Gasteiger partial charge in [0.25, 0.3) is 5.91 Å². The Labute approximate surface area is 190 Å². The molecule has 0 unspecified atom stereocenters. The molecule has 1 saturated heterocycles. The highest BCUT2D eigenvalue weighted by molar-refractivity contribution is 6.30. The molecule has 1 fully saturated rings.